The molecule has 0 aliphatic heterocycles. The Kier molecular flexibility index (Phi) is 4.91. The Balaban J connectivity index is 1.65. The first-order valence-corrected chi connectivity index (χ1v) is 8.02. The Morgan fingerprint density at radius 2 is 1.92 bits per heavy atom. The van der Waals surface area contributed by atoms with Gasteiger partial charge in [0.1, 0.15) is 18.5 Å². The lowest BCUT2D eigenvalue weighted by Crippen LogP contribution is -2.31. The molecule has 0 bridgehead atoms. The molecule has 2 aromatic carbocycles. The topological polar surface area (TPSA) is 64.3 Å². The van der Waals surface area contributed by atoms with E-state index in [1.165, 1.54) is 10.2 Å². The van der Waals surface area contributed by atoms with Gasteiger partial charge < -0.3 is 9.84 Å². The largest absolute Gasteiger partial charge is 0.491 e. The standard InChI is InChI=1S/C19H20N2O3/c1-2-14-7-9-17(10-8-14)24-13-16(22)12-21-19(23)18-6-4-3-5-15(18)11-20-21/h3-11,16,22H,2,12-13H2,1H3/t16-/m0/s1. The third-order valence-corrected chi connectivity index (χ3v) is 3.92. The number of hydrogen-bond donors (Lipinski definition) is 1. The van der Waals surface area contributed by atoms with Gasteiger partial charge in [-0.25, -0.2) is 4.68 Å². The number of aromatic nitrogens is 2. The lowest BCUT2D eigenvalue weighted by atomic mass is 10.2. The fourth-order valence-corrected chi connectivity index (χ4v) is 2.52. The summed E-state index contributed by atoms with van der Waals surface area (Å²) < 4.78 is 6.85. The fourth-order valence-electron chi connectivity index (χ4n) is 2.52. The first-order valence-electron chi connectivity index (χ1n) is 8.02. The summed E-state index contributed by atoms with van der Waals surface area (Å²) >= 11 is 0. The molecule has 24 heavy (non-hydrogen) atoms. The lowest BCUT2D eigenvalue weighted by molar-refractivity contribution is 0.0881. The van der Waals surface area contributed by atoms with Gasteiger partial charge in [0.25, 0.3) is 5.56 Å². The van der Waals surface area contributed by atoms with E-state index >= 15 is 0 Å². The molecule has 3 aromatic rings. The van der Waals surface area contributed by atoms with Crippen LogP contribution >= 0.6 is 0 Å². The first-order chi connectivity index (χ1) is 11.7. The summed E-state index contributed by atoms with van der Waals surface area (Å²) in [5.41, 5.74) is 1.02. The van der Waals surface area contributed by atoms with Crippen molar-refractivity contribution in [3.8, 4) is 5.75 Å². The van der Waals surface area contributed by atoms with E-state index in [-0.39, 0.29) is 18.7 Å². The molecule has 1 aromatic heterocycles. The van der Waals surface area contributed by atoms with E-state index in [1.807, 2.05) is 42.5 Å². The number of benzene rings is 2. The number of nitrogens with zero attached hydrogens (tertiary/aromatic N) is 2. The number of ether oxygens (including phenoxy) is 1. The molecule has 0 radical (unpaired) electrons. The highest BCUT2D eigenvalue weighted by molar-refractivity contribution is 5.80. The Morgan fingerprint density at radius 3 is 2.67 bits per heavy atom. The molecule has 0 spiro atoms. The Hall–Kier alpha value is -2.66. The van der Waals surface area contributed by atoms with Gasteiger partial charge in [0, 0.05) is 5.39 Å². The number of hydrogen-bond acceptors (Lipinski definition) is 4. The van der Waals surface area contributed by atoms with Crippen molar-refractivity contribution in [2.24, 2.45) is 0 Å². The minimum Gasteiger partial charge on any atom is -0.491 e. The van der Waals surface area contributed by atoms with E-state index in [0.717, 1.165) is 11.8 Å². The Morgan fingerprint density at radius 1 is 1.17 bits per heavy atom. The van der Waals surface area contributed by atoms with E-state index < -0.39 is 6.10 Å². The van der Waals surface area contributed by atoms with E-state index in [1.54, 1.807) is 12.3 Å². The van der Waals surface area contributed by atoms with Crippen molar-refractivity contribution in [3.05, 3.63) is 70.6 Å². The number of aliphatic hydroxyl groups is 1. The third kappa shape index (κ3) is 3.63. The van der Waals surface area contributed by atoms with Crippen LogP contribution in [0.25, 0.3) is 10.8 Å². The van der Waals surface area contributed by atoms with Crippen LogP contribution in [0.4, 0.5) is 0 Å². The van der Waals surface area contributed by atoms with Crippen molar-refractivity contribution in [1.82, 2.24) is 9.78 Å². The molecule has 0 aliphatic rings. The van der Waals surface area contributed by atoms with Gasteiger partial charge in [0.15, 0.2) is 0 Å². The quantitative estimate of drug-likeness (QED) is 0.756. The second-order valence-corrected chi connectivity index (χ2v) is 5.68. The Labute approximate surface area is 140 Å². The maximum absolute atomic E-state index is 12.4. The highest BCUT2D eigenvalue weighted by atomic mass is 16.5. The van der Waals surface area contributed by atoms with E-state index in [0.29, 0.717) is 11.1 Å². The van der Waals surface area contributed by atoms with E-state index in [2.05, 4.69) is 12.0 Å². The van der Waals surface area contributed by atoms with Gasteiger partial charge in [0.2, 0.25) is 0 Å². The summed E-state index contributed by atoms with van der Waals surface area (Å²) in [6, 6.07) is 15.0. The molecule has 1 heterocycles. The molecular weight excluding hydrogens is 304 g/mol. The summed E-state index contributed by atoms with van der Waals surface area (Å²) in [5.74, 6) is 0.699. The van der Waals surface area contributed by atoms with Crippen LogP contribution in [-0.2, 0) is 13.0 Å². The number of aliphatic hydroxyl groups excluding tert-OH is 1. The van der Waals surface area contributed by atoms with Gasteiger partial charge >= 0.3 is 0 Å². The zero-order valence-corrected chi connectivity index (χ0v) is 13.6. The number of rotatable bonds is 6. The van der Waals surface area contributed by atoms with Crippen molar-refractivity contribution in [3.63, 3.8) is 0 Å². The molecule has 0 fully saturated rings. The average molecular weight is 324 g/mol. The molecule has 0 saturated carbocycles. The van der Waals surface area contributed by atoms with Crippen LogP contribution in [0, 0.1) is 0 Å². The highest BCUT2D eigenvalue weighted by Gasteiger charge is 2.10. The third-order valence-electron chi connectivity index (χ3n) is 3.92. The summed E-state index contributed by atoms with van der Waals surface area (Å²) in [5, 5.41) is 15.6. The minimum absolute atomic E-state index is 0.0940. The summed E-state index contributed by atoms with van der Waals surface area (Å²) in [7, 11) is 0. The van der Waals surface area contributed by atoms with Gasteiger partial charge in [-0.2, -0.15) is 5.10 Å². The zero-order valence-electron chi connectivity index (χ0n) is 13.6. The normalized spacial score (nSPS) is 12.2. The van der Waals surface area contributed by atoms with E-state index in [4.69, 9.17) is 4.74 Å². The van der Waals surface area contributed by atoms with Crippen LogP contribution in [0.3, 0.4) is 0 Å². The van der Waals surface area contributed by atoms with Gasteiger partial charge in [-0.1, -0.05) is 37.3 Å². The minimum atomic E-state index is -0.817. The van der Waals surface area contributed by atoms with Crippen molar-refractivity contribution in [2.45, 2.75) is 26.0 Å². The van der Waals surface area contributed by atoms with Crippen LogP contribution in [0.15, 0.2) is 59.5 Å². The summed E-state index contributed by atoms with van der Waals surface area (Å²) in [4.78, 5) is 12.4. The molecular formula is C19H20N2O3. The van der Waals surface area contributed by atoms with Gasteiger partial charge in [-0.05, 0) is 30.2 Å². The van der Waals surface area contributed by atoms with Crippen LogP contribution in [0.2, 0.25) is 0 Å². The smallest absolute Gasteiger partial charge is 0.274 e. The molecule has 3 rings (SSSR count). The maximum atomic E-state index is 12.4. The molecule has 0 unspecified atom stereocenters. The van der Waals surface area contributed by atoms with Crippen LogP contribution in [0.1, 0.15) is 12.5 Å². The monoisotopic (exact) mass is 324 g/mol. The molecule has 1 N–H and O–H groups in total. The highest BCUT2D eigenvalue weighted by Crippen LogP contribution is 2.13. The predicted octanol–water partition coefficient (Wildman–Crippen LogP) is 2.40. The van der Waals surface area contributed by atoms with Crippen LogP contribution < -0.4 is 10.3 Å². The van der Waals surface area contributed by atoms with Gasteiger partial charge in [-0.3, -0.25) is 4.79 Å². The molecule has 0 aliphatic carbocycles. The number of fused-ring (bicyclic) bond motifs is 1. The fraction of sp³-hybridized carbons (Fsp3) is 0.263. The SMILES string of the molecule is CCc1ccc(OC[C@@H](O)Cn2ncc3ccccc3c2=O)cc1. The summed E-state index contributed by atoms with van der Waals surface area (Å²) in [6.45, 7) is 2.29. The molecule has 0 amide bonds. The van der Waals surface area contributed by atoms with Crippen LogP contribution in [0.5, 0.6) is 5.75 Å². The van der Waals surface area contributed by atoms with Gasteiger partial charge in [-0.15, -0.1) is 0 Å². The maximum Gasteiger partial charge on any atom is 0.274 e. The van der Waals surface area contributed by atoms with Crippen molar-refractivity contribution in [2.75, 3.05) is 6.61 Å². The van der Waals surface area contributed by atoms with Crippen molar-refractivity contribution >= 4 is 10.8 Å². The molecule has 0 saturated heterocycles. The molecule has 1 atom stereocenters. The average Bonchev–Trinajstić information content (AvgIpc) is 2.63. The van der Waals surface area contributed by atoms with Crippen molar-refractivity contribution < 1.29 is 9.84 Å². The van der Waals surface area contributed by atoms with E-state index in [9.17, 15) is 9.90 Å². The lowest BCUT2D eigenvalue weighted by Gasteiger charge is -2.13. The van der Waals surface area contributed by atoms with Crippen LogP contribution in [-0.4, -0.2) is 27.6 Å². The van der Waals surface area contributed by atoms with Crippen molar-refractivity contribution in [1.29, 1.82) is 0 Å². The zero-order chi connectivity index (χ0) is 16.9. The predicted molar refractivity (Wildman–Crippen MR) is 93.3 cm³/mol. The second-order valence-electron chi connectivity index (χ2n) is 5.68. The molecule has 124 valence electrons. The second kappa shape index (κ2) is 7.27. The summed E-state index contributed by atoms with van der Waals surface area (Å²) in [6.07, 6.45) is 1.79. The molecule has 5 nitrogen and oxygen atoms in total. The Bertz CT molecular complexity index is 872. The molecule has 5 heteroatoms. The van der Waals surface area contributed by atoms with Gasteiger partial charge in [0.05, 0.1) is 18.1 Å². The number of aryl methyl sites for hydroxylation is 1. The first kappa shape index (κ1) is 16.2.